The Bertz CT molecular complexity index is 1190. The lowest BCUT2D eigenvalue weighted by Gasteiger charge is -2.09. The Balaban J connectivity index is 1.47. The van der Waals surface area contributed by atoms with E-state index < -0.39 is 0 Å². The van der Waals surface area contributed by atoms with Crippen LogP contribution in [-0.4, -0.2) is 35.8 Å². The minimum Gasteiger partial charge on any atom is -0.491 e. The summed E-state index contributed by atoms with van der Waals surface area (Å²) in [6.07, 6.45) is 0. The van der Waals surface area contributed by atoms with Crippen LogP contribution in [0, 0.1) is 6.92 Å². The number of aromatic nitrogens is 2. The van der Waals surface area contributed by atoms with E-state index in [1.807, 2.05) is 79.7 Å². The first-order chi connectivity index (χ1) is 15.2. The molecule has 31 heavy (non-hydrogen) atoms. The molecule has 0 aliphatic heterocycles. The molecule has 0 unspecified atom stereocenters. The van der Waals surface area contributed by atoms with Crippen molar-refractivity contribution in [2.75, 3.05) is 20.3 Å². The van der Waals surface area contributed by atoms with Crippen LogP contribution in [0.1, 0.15) is 21.7 Å². The number of hydrogen-bond donors (Lipinski definition) is 1. The molecule has 1 aromatic heterocycles. The SMILES string of the molecule is COCCOc1cccc(CNC(=O)c2ccc3c(c2)nc(C)n3-c2ccccc2)c1. The van der Waals surface area contributed by atoms with Gasteiger partial charge in [-0.1, -0.05) is 30.3 Å². The Morgan fingerprint density at radius 1 is 1.00 bits per heavy atom. The van der Waals surface area contributed by atoms with Gasteiger partial charge in [0.15, 0.2) is 0 Å². The number of amides is 1. The summed E-state index contributed by atoms with van der Waals surface area (Å²) < 4.78 is 12.7. The van der Waals surface area contributed by atoms with Gasteiger partial charge in [0, 0.05) is 24.9 Å². The fourth-order valence-corrected chi connectivity index (χ4v) is 3.52. The van der Waals surface area contributed by atoms with Gasteiger partial charge in [0.05, 0.1) is 17.6 Å². The number of carbonyl (C=O) groups is 1. The molecular weight excluding hydrogens is 390 g/mol. The molecule has 4 rings (SSSR count). The average molecular weight is 415 g/mol. The third-order valence-corrected chi connectivity index (χ3v) is 5.01. The van der Waals surface area contributed by atoms with E-state index in [1.54, 1.807) is 7.11 Å². The van der Waals surface area contributed by atoms with Crippen molar-refractivity contribution in [2.24, 2.45) is 0 Å². The Kier molecular flexibility index (Phi) is 6.29. The summed E-state index contributed by atoms with van der Waals surface area (Å²) in [6.45, 7) is 3.40. The number of imidazole rings is 1. The second-order valence-corrected chi connectivity index (χ2v) is 7.20. The highest BCUT2D eigenvalue weighted by atomic mass is 16.5. The van der Waals surface area contributed by atoms with Gasteiger partial charge in [-0.15, -0.1) is 0 Å². The zero-order chi connectivity index (χ0) is 21.6. The number of nitrogens with one attached hydrogen (secondary N) is 1. The van der Waals surface area contributed by atoms with Crippen molar-refractivity contribution in [1.29, 1.82) is 0 Å². The summed E-state index contributed by atoms with van der Waals surface area (Å²) in [7, 11) is 1.64. The van der Waals surface area contributed by atoms with Gasteiger partial charge in [0.1, 0.15) is 18.2 Å². The predicted molar refractivity (Wildman–Crippen MR) is 121 cm³/mol. The van der Waals surface area contributed by atoms with Crippen molar-refractivity contribution >= 4 is 16.9 Å². The van der Waals surface area contributed by atoms with Crippen LogP contribution in [0.4, 0.5) is 0 Å². The molecule has 0 saturated carbocycles. The first-order valence-corrected chi connectivity index (χ1v) is 10.2. The van der Waals surface area contributed by atoms with Gasteiger partial charge >= 0.3 is 0 Å². The molecule has 0 aliphatic carbocycles. The lowest BCUT2D eigenvalue weighted by molar-refractivity contribution is 0.0951. The molecule has 158 valence electrons. The van der Waals surface area contributed by atoms with Crippen LogP contribution in [0.2, 0.25) is 0 Å². The molecule has 0 bridgehead atoms. The van der Waals surface area contributed by atoms with Crippen molar-refractivity contribution in [3.05, 3.63) is 89.7 Å². The van der Waals surface area contributed by atoms with Gasteiger partial charge in [0.2, 0.25) is 0 Å². The topological polar surface area (TPSA) is 65.4 Å². The second-order valence-electron chi connectivity index (χ2n) is 7.20. The number of benzene rings is 3. The van der Waals surface area contributed by atoms with Gasteiger partial charge < -0.3 is 14.8 Å². The highest BCUT2D eigenvalue weighted by Gasteiger charge is 2.12. The first-order valence-electron chi connectivity index (χ1n) is 10.2. The minimum atomic E-state index is -0.139. The maximum atomic E-state index is 12.7. The third-order valence-electron chi connectivity index (χ3n) is 5.01. The Labute approximate surface area is 181 Å². The number of aryl methyl sites for hydroxylation is 1. The molecule has 0 spiro atoms. The number of nitrogens with zero attached hydrogens (tertiary/aromatic N) is 2. The normalized spacial score (nSPS) is 10.9. The third kappa shape index (κ3) is 4.75. The number of carbonyl (C=O) groups excluding carboxylic acids is 1. The van der Waals surface area contributed by atoms with Crippen LogP contribution in [0.15, 0.2) is 72.8 Å². The Morgan fingerprint density at radius 3 is 2.65 bits per heavy atom. The van der Waals surface area contributed by atoms with Crippen LogP contribution in [-0.2, 0) is 11.3 Å². The molecule has 1 amide bonds. The van der Waals surface area contributed by atoms with E-state index in [9.17, 15) is 4.79 Å². The van der Waals surface area contributed by atoms with Crippen LogP contribution in [0.25, 0.3) is 16.7 Å². The first kappa shape index (κ1) is 20.6. The van der Waals surface area contributed by atoms with E-state index in [-0.39, 0.29) is 5.91 Å². The number of fused-ring (bicyclic) bond motifs is 1. The summed E-state index contributed by atoms with van der Waals surface area (Å²) in [5.41, 5.74) is 4.36. The molecule has 6 heteroatoms. The van der Waals surface area contributed by atoms with E-state index in [0.29, 0.717) is 25.3 Å². The maximum absolute atomic E-state index is 12.7. The largest absolute Gasteiger partial charge is 0.491 e. The molecule has 6 nitrogen and oxygen atoms in total. The summed E-state index contributed by atoms with van der Waals surface area (Å²) >= 11 is 0. The lowest BCUT2D eigenvalue weighted by Crippen LogP contribution is -2.22. The van der Waals surface area contributed by atoms with E-state index in [4.69, 9.17) is 9.47 Å². The predicted octanol–water partition coefficient (Wildman–Crippen LogP) is 4.29. The summed E-state index contributed by atoms with van der Waals surface area (Å²) in [5.74, 6) is 1.50. The molecule has 0 saturated heterocycles. The number of hydrogen-bond acceptors (Lipinski definition) is 4. The summed E-state index contributed by atoms with van der Waals surface area (Å²) in [5, 5.41) is 2.97. The van der Waals surface area contributed by atoms with Crippen molar-refractivity contribution in [3.8, 4) is 11.4 Å². The average Bonchev–Trinajstić information content (AvgIpc) is 3.13. The van der Waals surface area contributed by atoms with Crippen LogP contribution in [0.3, 0.4) is 0 Å². The zero-order valence-corrected chi connectivity index (χ0v) is 17.7. The quantitative estimate of drug-likeness (QED) is 0.436. The standard InChI is InChI=1S/C25H25N3O3/c1-18-27-23-16-20(11-12-24(23)28(18)21-8-4-3-5-9-21)25(29)26-17-19-7-6-10-22(15-19)31-14-13-30-2/h3-12,15-16H,13-14,17H2,1-2H3,(H,26,29). The van der Waals surface area contributed by atoms with E-state index in [0.717, 1.165) is 33.9 Å². The molecule has 0 fully saturated rings. The summed E-state index contributed by atoms with van der Waals surface area (Å²) in [4.78, 5) is 17.4. The molecule has 1 N–H and O–H groups in total. The van der Waals surface area contributed by atoms with Crippen molar-refractivity contribution in [3.63, 3.8) is 0 Å². The highest BCUT2D eigenvalue weighted by Crippen LogP contribution is 2.22. The monoisotopic (exact) mass is 415 g/mol. The van der Waals surface area contributed by atoms with Gasteiger partial charge in [-0.3, -0.25) is 9.36 Å². The molecular formula is C25H25N3O3. The fourth-order valence-electron chi connectivity index (χ4n) is 3.52. The molecule has 0 radical (unpaired) electrons. The van der Waals surface area contributed by atoms with Crippen molar-refractivity contribution in [1.82, 2.24) is 14.9 Å². The smallest absolute Gasteiger partial charge is 0.251 e. The summed E-state index contributed by atoms with van der Waals surface area (Å²) in [6, 6.07) is 23.4. The molecule has 0 aliphatic rings. The molecule has 4 aromatic rings. The number of rotatable bonds is 8. The number of ether oxygens (including phenoxy) is 2. The fraction of sp³-hybridized carbons (Fsp3) is 0.200. The van der Waals surface area contributed by atoms with Gasteiger partial charge in [-0.25, -0.2) is 4.98 Å². The van der Waals surface area contributed by atoms with E-state index >= 15 is 0 Å². The molecule has 0 atom stereocenters. The number of methoxy groups -OCH3 is 1. The van der Waals surface area contributed by atoms with Crippen molar-refractivity contribution < 1.29 is 14.3 Å². The Morgan fingerprint density at radius 2 is 1.84 bits per heavy atom. The van der Waals surface area contributed by atoms with Crippen molar-refractivity contribution in [2.45, 2.75) is 13.5 Å². The maximum Gasteiger partial charge on any atom is 0.251 e. The number of para-hydroxylation sites is 1. The van der Waals surface area contributed by atoms with Crippen LogP contribution in [0.5, 0.6) is 5.75 Å². The zero-order valence-electron chi connectivity index (χ0n) is 17.7. The van der Waals surface area contributed by atoms with Gasteiger partial charge in [0.25, 0.3) is 5.91 Å². The van der Waals surface area contributed by atoms with Crippen LogP contribution < -0.4 is 10.1 Å². The van der Waals surface area contributed by atoms with Gasteiger partial charge in [-0.2, -0.15) is 0 Å². The Hall–Kier alpha value is -3.64. The van der Waals surface area contributed by atoms with Gasteiger partial charge in [-0.05, 0) is 55.0 Å². The second kappa shape index (κ2) is 9.45. The van der Waals surface area contributed by atoms with Crippen LogP contribution >= 0.6 is 0 Å². The highest BCUT2D eigenvalue weighted by molar-refractivity contribution is 5.97. The van der Waals surface area contributed by atoms with E-state index in [2.05, 4.69) is 14.9 Å². The minimum absolute atomic E-state index is 0.139. The van der Waals surface area contributed by atoms with E-state index in [1.165, 1.54) is 0 Å². The molecule has 3 aromatic carbocycles. The molecule has 1 heterocycles. The lowest BCUT2D eigenvalue weighted by atomic mass is 10.1.